The third-order valence-corrected chi connectivity index (χ3v) is 6.09. The van der Waals surface area contributed by atoms with E-state index in [1.165, 1.54) is 10.4 Å². The first kappa shape index (κ1) is 13.9. The molecule has 2 heterocycles. The van der Waals surface area contributed by atoms with Crippen molar-refractivity contribution in [2.24, 2.45) is 5.92 Å². The lowest BCUT2D eigenvalue weighted by molar-refractivity contribution is 0.216. The molecule has 0 bridgehead atoms. The van der Waals surface area contributed by atoms with Crippen molar-refractivity contribution in [3.05, 3.63) is 29.8 Å². The molecule has 2 aliphatic heterocycles. The predicted molar refractivity (Wildman–Crippen MR) is 69.6 cm³/mol. The van der Waals surface area contributed by atoms with Crippen LogP contribution in [0.25, 0.3) is 0 Å². The van der Waals surface area contributed by atoms with Crippen LogP contribution in [0.3, 0.4) is 0 Å². The van der Waals surface area contributed by atoms with Gasteiger partial charge in [0.25, 0.3) is 0 Å². The molecule has 2 aliphatic rings. The van der Waals surface area contributed by atoms with Crippen molar-refractivity contribution in [3.8, 4) is 0 Å². The zero-order valence-corrected chi connectivity index (χ0v) is 11.7. The minimum Gasteiger partial charge on any atom is -0.315 e. The smallest absolute Gasteiger partial charge is 0.249 e. The van der Waals surface area contributed by atoms with Gasteiger partial charge in [0.15, 0.2) is 4.90 Å². The number of benzene rings is 1. The second-order valence-electron chi connectivity index (χ2n) is 5.29. The fourth-order valence-electron chi connectivity index (χ4n) is 3.17. The molecule has 2 atom stereocenters. The minimum atomic E-state index is -4.13. The Kier molecular flexibility index (Phi) is 3.51. The molecule has 1 aromatic rings. The largest absolute Gasteiger partial charge is 0.315 e. The lowest BCUT2D eigenvalue weighted by Crippen LogP contribution is -2.48. The highest BCUT2D eigenvalue weighted by atomic mass is 32.2. The number of hydrogen-bond donors (Lipinski definition) is 1. The molecule has 7 heteroatoms. The normalized spacial score (nSPS) is 27.5. The first-order valence-corrected chi connectivity index (χ1v) is 8.12. The summed E-state index contributed by atoms with van der Waals surface area (Å²) in [5, 5.41) is 3.15. The second-order valence-corrected chi connectivity index (χ2v) is 7.12. The molecular formula is C13H16F2N2O2S. The summed E-state index contributed by atoms with van der Waals surface area (Å²) in [4.78, 5) is -0.826. The molecule has 0 radical (unpaired) electrons. The molecule has 0 aliphatic carbocycles. The highest BCUT2D eigenvalue weighted by Crippen LogP contribution is 2.32. The van der Waals surface area contributed by atoms with Crippen LogP contribution in [-0.2, 0) is 10.0 Å². The first-order chi connectivity index (χ1) is 9.51. The molecule has 20 heavy (non-hydrogen) atoms. The third kappa shape index (κ3) is 2.13. The molecule has 0 amide bonds. The average Bonchev–Trinajstić information content (AvgIpc) is 2.85. The second kappa shape index (κ2) is 5.05. The van der Waals surface area contributed by atoms with Crippen LogP contribution in [0.15, 0.2) is 23.1 Å². The van der Waals surface area contributed by atoms with E-state index in [1.807, 2.05) is 0 Å². The highest BCUT2D eigenvalue weighted by Gasteiger charge is 2.43. The maximum atomic E-state index is 13.8. The van der Waals surface area contributed by atoms with Gasteiger partial charge in [-0.3, -0.25) is 0 Å². The maximum absolute atomic E-state index is 13.8. The van der Waals surface area contributed by atoms with E-state index in [2.05, 4.69) is 5.32 Å². The molecule has 0 aromatic heterocycles. The minimum absolute atomic E-state index is 0.201. The lowest BCUT2D eigenvalue weighted by Gasteiger charge is -2.35. The molecule has 1 aromatic carbocycles. The Balaban J connectivity index is 2.03. The van der Waals surface area contributed by atoms with Gasteiger partial charge in [0.2, 0.25) is 10.0 Å². The van der Waals surface area contributed by atoms with Crippen molar-refractivity contribution in [1.82, 2.24) is 9.62 Å². The van der Waals surface area contributed by atoms with Crippen molar-refractivity contribution in [2.45, 2.75) is 23.8 Å². The maximum Gasteiger partial charge on any atom is 0.249 e. The van der Waals surface area contributed by atoms with Crippen LogP contribution in [-0.4, -0.2) is 38.4 Å². The van der Waals surface area contributed by atoms with Gasteiger partial charge < -0.3 is 5.32 Å². The van der Waals surface area contributed by atoms with Gasteiger partial charge in [0, 0.05) is 19.1 Å². The molecule has 3 rings (SSSR count). The fourth-order valence-corrected chi connectivity index (χ4v) is 5.01. The summed E-state index contributed by atoms with van der Waals surface area (Å²) in [7, 11) is -4.13. The number of hydrogen-bond acceptors (Lipinski definition) is 3. The number of nitrogens with zero attached hydrogens (tertiary/aromatic N) is 1. The summed E-state index contributed by atoms with van der Waals surface area (Å²) in [5.74, 6) is -1.83. The summed E-state index contributed by atoms with van der Waals surface area (Å²) >= 11 is 0. The van der Waals surface area contributed by atoms with E-state index in [9.17, 15) is 17.2 Å². The van der Waals surface area contributed by atoms with E-state index in [0.717, 1.165) is 31.5 Å². The third-order valence-electron chi connectivity index (χ3n) is 4.11. The van der Waals surface area contributed by atoms with E-state index in [4.69, 9.17) is 0 Å². The molecule has 4 nitrogen and oxygen atoms in total. The van der Waals surface area contributed by atoms with Crippen LogP contribution in [0.2, 0.25) is 0 Å². The van der Waals surface area contributed by atoms with Gasteiger partial charge in [-0.1, -0.05) is 6.07 Å². The quantitative estimate of drug-likeness (QED) is 0.897. The molecule has 2 fully saturated rings. The fraction of sp³-hybridized carbons (Fsp3) is 0.538. The zero-order valence-electron chi connectivity index (χ0n) is 10.9. The Morgan fingerprint density at radius 2 is 1.90 bits per heavy atom. The number of halogens is 2. The van der Waals surface area contributed by atoms with E-state index >= 15 is 0 Å². The van der Waals surface area contributed by atoms with E-state index in [0.29, 0.717) is 13.1 Å². The van der Waals surface area contributed by atoms with Crippen LogP contribution in [0.1, 0.15) is 12.8 Å². The van der Waals surface area contributed by atoms with Crippen LogP contribution in [0.5, 0.6) is 0 Å². The SMILES string of the molecule is O=S(=O)(c1c(F)cccc1F)N1CCCC2CNCC21. The average molecular weight is 302 g/mol. The number of sulfonamides is 1. The lowest BCUT2D eigenvalue weighted by atomic mass is 9.94. The molecule has 0 saturated carbocycles. The summed E-state index contributed by atoms with van der Waals surface area (Å²) < 4.78 is 54.0. The topological polar surface area (TPSA) is 49.4 Å². The van der Waals surface area contributed by atoms with Crippen LogP contribution < -0.4 is 5.32 Å². The van der Waals surface area contributed by atoms with Gasteiger partial charge in [-0.25, -0.2) is 17.2 Å². The summed E-state index contributed by atoms with van der Waals surface area (Å²) in [6.45, 7) is 1.62. The van der Waals surface area contributed by atoms with Crippen molar-refractivity contribution in [3.63, 3.8) is 0 Å². The van der Waals surface area contributed by atoms with E-state index in [-0.39, 0.29) is 12.0 Å². The van der Waals surface area contributed by atoms with Gasteiger partial charge in [0.05, 0.1) is 0 Å². The molecule has 2 saturated heterocycles. The van der Waals surface area contributed by atoms with Crippen molar-refractivity contribution >= 4 is 10.0 Å². The van der Waals surface area contributed by atoms with E-state index < -0.39 is 26.6 Å². The number of fused-ring (bicyclic) bond motifs is 1. The van der Waals surface area contributed by atoms with Crippen LogP contribution in [0.4, 0.5) is 8.78 Å². The van der Waals surface area contributed by atoms with Gasteiger partial charge in [-0.2, -0.15) is 4.31 Å². The Labute approximate surface area is 116 Å². The van der Waals surface area contributed by atoms with Crippen LogP contribution in [0, 0.1) is 17.6 Å². The van der Waals surface area contributed by atoms with Gasteiger partial charge in [-0.15, -0.1) is 0 Å². The summed E-state index contributed by atoms with van der Waals surface area (Å²) in [5.41, 5.74) is 0. The standard InChI is InChI=1S/C13H16F2N2O2S/c14-10-4-1-5-11(15)13(10)20(18,19)17-6-2-3-9-7-16-8-12(9)17/h1,4-5,9,12,16H,2-3,6-8H2. The predicted octanol–water partition coefficient (Wildman–Crippen LogP) is 1.34. The Morgan fingerprint density at radius 1 is 1.20 bits per heavy atom. The van der Waals surface area contributed by atoms with Crippen LogP contribution >= 0.6 is 0 Å². The van der Waals surface area contributed by atoms with E-state index in [1.54, 1.807) is 0 Å². The molecule has 1 N–H and O–H groups in total. The molecular weight excluding hydrogens is 286 g/mol. The molecule has 110 valence electrons. The van der Waals surface area contributed by atoms with Gasteiger partial charge in [0.1, 0.15) is 11.6 Å². The summed E-state index contributed by atoms with van der Waals surface area (Å²) in [6.07, 6.45) is 1.67. The van der Waals surface area contributed by atoms with Gasteiger partial charge in [-0.05, 0) is 37.4 Å². The van der Waals surface area contributed by atoms with Crippen molar-refractivity contribution in [1.29, 1.82) is 0 Å². The zero-order chi connectivity index (χ0) is 14.3. The Morgan fingerprint density at radius 3 is 2.60 bits per heavy atom. The number of nitrogens with one attached hydrogen (secondary N) is 1. The summed E-state index contributed by atoms with van der Waals surface area (Å²) in [6, 6.07) is 2.92. The number of rotatable bonds is 2. The van der Waals surface area contributed by atoms with Crippen molar-refractivity contribution in [2.75, 3.05) is 19.6 Å². The highest BCUT2D eigenvalue weighted by molar-refractivity contribution is 7.89. The van der Waals surface area contributed by atoms with Crippen molar-refractivity contribution < 1.29 is 17.2 Å². The van der Waals surface area contributed by atoms with Gasteiger partial charge >= 0.3 is 0 Å². The first-order valence-electron chi connectivity index (χ1n) is 6.68. The molecule has 2 unspecified atom stereocenters. The number of piperidine rings is 1. The molecule has 0 spiro atoms. The Bertz CT molecular complexity index is 601. The monoisotopic (exact) mass is 302 g/mol. The Hall–Kier alpha value is -1.05.